The van der Waals surface area contributed by atoms with Crippen LogP contribution in [0.3, 0.4) is 0 Å². The maximum absolute atomic E-state index is 12.4. The smallest absolute Gasteiger partial charge is 0.149 e. The predicted octanol–water partition coefficient (Wildman–Crippen LogP) is 3.65. The van der Waals surface area contributed by atoms with Crippen LogP contribution >= 0.6 is 11.8 Å². The van der Waals surface area contributed by atoms with Crippen LogP contribution in [-0.4, -0.2) is 34.9 Å². The molecule has 5 heteroatoms. The molecule has 0 radical (unpaired) electrons. The van der Waals surface area contributed by atoms with Crippen molar-refractivity contribution in [3.8, 4) is 0 Å². The molecule has 1 saturated carbocycles. The van der Waals surface area contributed by atoms with Crippen LogP contribution in [-0.2, 0) is 14.4 Å². The number of nitrogens with zero attached hydrogens (tertiary/aromatic N) is 1. The normalized spacial score (nSPS) is 24.2. The van der Waals surface area contributed by atoms with Crippen molar-refractivity contribution in [2.75, 3.05) is 12.4 Å². The lowest BCUT2D eigenvalue weighted by Crippen LogP contribution is -2.39. The van der Waals surface area contributed by atoms with E-state index in [1.165, 1.54) is 0 Å². The zero-order valence-electron chi connectivity index (χ0n) is 13.8. The van der Waals surface area contributed by atoms with Gasteiger partial charge in [-0.15, -0.1) is 0 Å². The number of thioether (sulfide) groups is 1. The molecule has 1 rings (SSSR count). The highest BCUT2D eigenvalue weighted by molar-refractivity contribution is 7.99. The Morgan fingerprint density at radius 3 is 2.55 bits per heavy atom. The number of ketones is 2. The van der Waals surface area contributed by atoms with Crippen molar-refractivity contribution in [1.82, 2.24) is 0 Å². The Morgan fingerprint density at radius 2 is 2.05 bits per heavy atom. The monoisotopic (exact) mass is 325 g/mol. The fourth-order valence-electron chi connectivity index (χ4n) is 2.91. The molecule has 0 aliphatic heterocycles. The van der Waals surface area contributed by atoms with Gasteiger partial charge in [-0.1, -0.05) is 38.6 Å². The first-order valence-corrected chi connectivity index (χ1v) is 9.04. The van der Waals surface area contributed by atoms with Crippen molar-refractivity contribution in [3.63, 3.8) is 0 Å². The second-order valence-corrected chi connectivity index (χ2v) is 7.38. The Hall–Kier alpha value is -1.10. The average Bonchev–Trinajstić information content (AvgIpc) is 2.45. The fourth-order valence-corrected chi connectivity index (χ4v) is 3.89. The summed E-state index contributed by atoms with van der Waals surface area (Å²) in [4.78, 5) is 29.9. The van der Waals surface area contributed by atoms with Gasteiger partial charge in [0.1, 0.15) is 24.1 Å². The molecular formula is C17H27NO3S. The third-order valence-electron chi connectivity index (χ3n) is 3.81. The molecule has 0 spiro atoms. The first-order valence-electron chi connectivity index (χ1n) is 8.00. The van der Waals surface area contributed by atoms with E-state index in [0.717, 1.165) is 12.2 Å². The van der Waals surface area contributed by atoms with Gasteiger partial charge in [-0.05, 0) is 24.5 Å². The Kier molecular flexibility index (Phi) is 8.46. The van der Waals surface area contributed by atoms with Crippen molar-refractivity contribution in [2.24, 2.45) is 17.0 Å². The lowest BCUT2D eigenvalue weighted by Gasteiger charge is -2.28. The lowest BCUT2D eigenvalue weighted by molar-refractivity contribution is -0.134. The molecule has 1 aliphatic rings. The SMILES string of the molecule is C=CCO/N=C(/CC)C1C(=O)CC(C[C@@H](C)SCC)CC1=O. The molecule has 22 heavy (non-hydrogen) atoms. The number of rotatable bonds is 9. The summed E-state index contributed by atoms with van der Waals surface area (Å²) in [6.45, 7) is 10.0. The first kappa shape index (κ1) is 18.9. The van der Waals surface area contributed by atoms with Gasteiger partial charge in [0.05, 0.1) is 5.71 Å². The van der Waals surface area contributed by atoms with Crippen LogP contribution in [0, 0.1) is 11.8 Å². The van der Waals surface area contributed by atoms with Crippen LogP contribution in [0.25, 0.3) is 0 Å². The number of Topliss-reactive ketones (excluding diaryl/α,β-unsaturated/α-hetero) is 2. The average molecular weight is 325 g/mol. The van der Waals surface area contributed by atoms with Crippen LogP contribution in [0.1, 0.15) is 46.5 Å². The lowest BCUT2D eigenvalue weighted by atomic mass is 9.76. The maximum Gasteiger partial charge on any atom is 0.149 e. The van der Waals surface area contributed by atoms with E-state index in [1.54, 1.807) is 6.08 Å². The highest BCUT2D eigenvalue weighted by Crippen LogP contribution is 2.31. The summed E-state index contributed by atoms with van der Waals surface area (Å²) in [6, 6.07) is 0. The number of hydrogen-bond acceptors (Lipinski definition) is 5. The molecule has 0 unspecified atom stereocenters. The van der Waals surface area contributed by atoms with Gasteiger partial charge >= 0.3 is 0 Å². The summed E-state index contributed by atoms with van der Waals surface area (Å²) >= 11 is 1.88. The summed E-state index contributed by atoms with van der Waals surface area (Å²) in [5.74, 6) is 0.541. The van der Waals surface area contributed by atoms with Gasteiger partial charge < -0.3 is 4.84 Å². The van der Waals surface area contributed by atoms with Crippen molar-refractivity contribution in [2.45, 2.75) is 51.7 Å². The zero-order chi connectivity index (χ0) is 16.5. The van der Waals surface area contributed by atoms with Gasteiger partial charge in [-0.25, -0.2) is 0 Å². The molecule has 124 valence electrons. The van der Waals surface area contributed by atoms with E-state index in [4.69, 9.17) is 4.84 Å². The van der Waals surface area contributed by atoms with E-state index in [2.05, 4.69) is 25.6 Å². The molecule has 0 aromatic carbocycles. The van der Waals surface area contributed by atoms with Crippen LogP contribution < -0.4 is 0 Å². The highest BCUT2D eigenvalue weighted by atomic mass is 32.2. The topological polar surface area (TPSA) is 55.7 Å². The zero-order valence-corrected chi connectivity index (χ0v) is 14.7. The predicted molar refractivity (Wildman–Crippen MR) is 92.3 cm³/mol. The maximum atomic E-state index is 12.4. The molecule has 0 saturated heterocycles. The summed E-state index contributed by atoms with van der Waals surface area (Å²) in [5.41, 5.74) is 0.547. The molecule has 0 aromatic heterocycles. The Morgan fingerprint density at radius 1 is 1.41 bits per heavy atom. The van der Waals surface area contributed by atoms with E-state index in [0.29, 0.717) is 30.2 Å². The number of hydrogen-bond donors (Lipinski definition) is 0. The van der Waals surface area contributed by atoms with Gasteiger partial charge in [0.2, 0.25) is 0 Å². The first-order chi connectivity index (χ1) is 10.5. The summed E-state index contributed by atoms with van der Waals surface area (Å²) in [7, 11) is 0. The highest BCUT2D eigenvalue weighted by Gasteiger charge is 2.38. The minimum atomic E-state index is -0.694. The number of carbonyl (C=O) groups is 2. The molecule has 0 heterocycles. The minimum absolute atomic E-state index is 0.00208. The third kappa shape index (κ3) is 5.59. The van der Waals surface area contributed by atoms with Gasteiger partial charge in [-0.2, -0.15) is 11.8 Å². The molecule has 1 aliphatic carbocycles. The summed E-state index contributed by atoms with van der Waals surface area (Å²) < 4.78 is 0. The molecule has 0 aromatic rings. The van der Waals surface area contributed by atoms with Gasteiger partial charge in [0.15, 0.2) is 0 Å². The number of oxime groups is 1. The minimum Gasteiger partial charge on any atom is -0.392 e. The van der Waals surface area contributed by atoms with E-state index < -0.39 is 5.92 Å². The van der Waals surface area contributed by atoms with E-state index in [-0.39, 0.29) is 24.1 Å². The quantitative estimate of drug-likeness (QED) is 0.213. The largest absolute Gasteiger partial charge is 0.392 e. The summed E-state index contributed by atoms with van der Waals surface area (Å²) in [5, 5.41) is 4.46. The third-order valence-corrected chi connectivity index (χ3v) is 4.90. The standard InChI is InChI=1S/C17H27NO3S/c1-5-8-21-18-14(6-2)17-15(19)10-13(11-16(17)20)9-12(4)22-7-3/h5,12-13,17H,1,6-11H2,2-4H3/b18-14-/t12-,13?,17?/m1/s1. The van der Waals surface area contributed by atoms with E-state index in [9.17, 15) is 9.59 Å². The van der Waals surface area contributed by atoms with Crippen LogP contribution in [0.4, 0.5) is 0 Å². The van der Waals surface area contributed by atoms with Gasteiger partial charge in [-0.3, -0.25) is 9.59 Å². The molecular weight excluding hydrogens is 298 g/mol. The van der Waals surface area contributed by atoms with Gasteiger partial charge in [0, 0.05) is 18.1 Å². The van der Waals surface area contributed by atoms with Crippen molar-refractivity contribution < 1.29 is 14.4 Å². The van der Waals surface area contributed by atoms with Crippen LogP contribution in [0.5, 0.6) is 0 Å². The van der Waals surface area contributed by atoms with E-state index >= 15 is 0 Å². The summed E-state index contributed by atoms with van der Waals surface area (Å²) in [6.07, 6.45) is 4.02. The molecule has 1 atom stereocenters. The molecule has 4 nitrogen and oxygen atoms in total. The second kappa shape index (κ2) is 9.82. The van der Waals surface area contributed by atoms with Crippen LogP contribution in [0.2, 0.25) is 0 Å². The van der Waals surface area contributed by atoms with Crippen LogP contribution in [0.15, 0.2) is 17.8 Å². The second-order valence-electron chi connectivity index (χ2n) is 5.66. The molecule has 0 amide bonds. The van der Waals surface area contributed by atoms with Crippen molar-refractivity contribution in [3.05, 3.63) is 12.7 Å². The molecule has 1 fully saturated rings. The Bertz CT molecular complexity index is 416. The Balaban J connectivity index is 2.69. The van der Waals surface area contributed by atoms with Crippen molar-refractivity contribution >= 4 is 29.0 Å². The number of carbonyl (C=O) groups excluding carboxylic acids is 2. The van der Waals surface area contributed by atoms with E-state index in [1.807, 2.05) is 18.7 Å². The fraction of sp³-hybridized carbons (Fsp3) is 0.706. The van der Waals surface area contributed by atoms with Gasteiger partial charge in [0.25, 0.3) is 0 Å². The molecule has 0 N–H and O–H groups in total. The Labute approximate surface area is 137 Å². The molecule has 0 bridgehead atoms. The van der Waals surface area contributed by atoms with Crippen molar-refractivity contribution in [1.29, 1.82) is 0 Å².